The van der Waals surface area contributed by atoms with E-state index < -0.39 is 0 Å². The van der Waals surface area contributed by atoms with Crippen LogP contribution in [0.4, 0.5) is 17.1 Å². The first-order chi connectivity index (χ1) is 37.7. The van der Waals surface area contributed by atoms with Crippen molar-refractivity contribution in [3.05, 3.63) is 160 Å². The van der Waals surface area contributed by atoms with E-state index in [1.54, 1.807) is 38.9 Å². The van der Waals surface area contributed by atoms with Gasteiger partial charge in [0.15, 0.2) is 0 Å². The Kier molecular flexibility index (Phi) is 28.8. The Hall–Kier alpha value is -4.88. The summed E-state index contributed by atoms with van der Waals surface area (Å²) in [5.41, 5.74) is 23.2. The van der Waals surface area contributed by atoms with Gasteiger partial charge in [0.2, 0.25) is 0 Å². The second kappa shape index (κ2) is 34.0. The predicted octanol–water partition coefficient (Wildman–Crippen LogP) is 27.0. The number of aryl methyl sites for hydroxylation is 2. The molecule has 1 atom stereocenters. The lowest BCUT2D eigenvalue weighted by molar-refractivity contribution is 0.394. The molecule has 6 aromatic rings. The number of anilines is 3. The lowest BCUT2D eigenvalue weighted by Gasteiger charge is -2.35. The van der Waals surface area contributed by atoms with Crippen molar-refractivity contribution < 1.29 is 0 Å². The standard InChI is InChI=1S/C76H103N.4CH4/c1-9-14-18-22-26-30-50-75(51-31-27-23-19-15-10-2)71-54-59(7)36-48-67(71)69-56-74-70(57-73(69)75)68-49-41-63(55-72(68)76(74,52-32-28-24-20-16-11-3)53-33-29-25-21-17-12-4)62-39-46-66(47-40-62)77(64-42-34-58(6)35-43-64)65-44-37-61(38-45-65)60(8)13-5;;;;/h34-49,54-57,60H,9-33,50-53H2,1-8H3;4*1H4. The van der Waals surface area contributed by atoms with Gasteiger partial charge in [0, 0.05) is 27.9 Å². The van der Waals surface area contributed by atoms with Crippen LogP contribution in [-0.2, 0) is 10.8 Å². The summed E-state index contributed by atoms with van der Waals surface area (Å²) in [6, 6.07) is 49.0. The minimum absolute atomic E-state index is 0. The number of nitrogens with zero attached hydrogens (tertiary/aromatic N) is 1. The first-order valence-electron chi connectivity index (χ1n) is 32.2. The summed E-state index contributed by atoms with van der Waals surface area (Å²) in [5.74, 6) is 0.548. The van der Waals surface area contributed by atoms with Crippen molar-refractivity contribution in [3.8, 4) is 33.4 Å². The molecule has 8 rings (SSSR count). The average Bonchev–Trinajstić information content (AvgIpc) is 3.90. The average molecular weight is 1090 g/mol. The Morgan fingerprint density at radius 2 is 0.642 bits per heavy atom. The molecular weight excluding hydrogens is 975 g/mol. The molecule has 0 radical (unpaired) electrons. The molecule has 444 valence electrons. The highest BCUT2D eigenvalue weighted by molar-refractivity contribution is 5.91. The van der Waals surface area contributed by atoms with Crippen molar-refractivity contribution in [1.82, 2.24) is 0 Å². The Labute approximate surface area is 501 Å². The molecule has 0 spiro atoms. The summed E-state index contributed by atoms with van der Waals surface area (Å²) < 4.78 is 0. The van der Waals surface area contributed by atoms with Gasteiger partial charge in [-0.25, -0.2) is 0 Å². The van der Waals surface area contributed by atoms with Gasteiger partial charge in [0.25, 0.3) is 0 Å². The van der Waals surface area contributed by atoms with E-state index in [4.69, 9.17) is 0 Å². The third-order valence-electron chi connectivity index (χ3n) is 18.9. The molecule has 0 N–H and O–H groups in total. The molecule has 0 saturated heterocycles. The van der Waals surface area contributed by atoms with Crippen LogP contribution in [0.25, 0.3) is 33.4 Å². The van der Waals surface area contributed by atoms with Crippen molar-refractivity contribution in [3.63, 3.8) is 0 Å². The van der Waals surface area contributed by atoms with Crippen LogP contribution in [0.5, 0.6) is 0 Å². The molecule has 0 aromatic heterocycles. The highest BCUT2D eigenvalue weighted by Crippen LogP contribution is 2.61. The van der Waals surface area contributed by atoms with Crippen molar-refractivity contribution >= 4 is 17.1 Å². The summed E-state index contributed by atoms with van der Waals surface area (Å²) in [5, 5.41) is 0. The van der Waals surface area contributed by atoms with Crippen LogP contribution in [0.3, 0.4) is 0 Å². The Balaban J connectivity index is 0.00000353. The maximum atomic E-state index is 2.83. The van der Waals surface area contributed by atoms with Gasteiger partial charge in [-0.2, -0.15) is 0 Å². The summed E-state index contributed by atoms with van der Waals surface area (Å²) in [6.07, 6.45) is 38.3. The van der Waals surface area contributed by atoms with Gasteiger partial charge >= 0.3 is 0 Å². The van der Waals surface area contributed by atoms with E-state index in [0.717, 1.165) is 6.42 Å². The molecule has 81 heavy (non-hydrogen) atoms. The number of hydrogen-bond acceptors (Lipinski definition) is 1. The monoisotopic (exact) mass is 1090 g/mol. The molecule has 1 heteroatoms. The number of hydrogen-bond donors (Lipinski definition) is 0. The summed E-state index contributed by atoms with van der Waals surface area (Å²) in [6.45, 7) is 18.6. The van der Waals surface area contributed by atoms with Crippen LogP contribution < -0.4 is 4.90 Å². The summed E-state index contributed by atoms with van der Waals surface area (Å²) >= 11 is 0. The largest absolute Gasteiger partial charge is 0.311 e. The van der Waals surface area contributed by atoms with Gasteiger partial charge < -0.3 is 4.90 Å². The fraction of sp³-hybridized carbons (Fsp3) is 0.550. The number of benzene rings is 6. The van der Waals surface area contributed by atoms with E-state index in [1.165, 1.54) is 230 Å². The van der Waals surface area contributed by atoms with Gasteiger partial charge in [-0.05, 0) is 168 Å². The quantitative estimate of drug-likeness (QED) is 0.0364. The van der Waals surface area contributed by atoms with Crippen LogP contribution >= 0.6 is 0 Å². The van der Waals surface area contributed by atoms with Crippen molar-refractivity contribution in [1.29, 1.82) is 0 Å². The fourth-order valence-corrected chi connectivity index (χ4v) is 14.1. The van der Waals surface area contributed by atoms with E-state index in [2.05, 4.69) is 182 Å². The SMILES string of the molecule is C.C.C.C.CCCCCCCCC1(CCCCCCCC)c2cc(C)ccc2-c2cc3c(cc21)-c1ccc(-c2ccc(N(c4ccc(C)cc4)c4ccc(C(C)CC)cc4)cc2)cc1C3(CCCCCCCC)CCCCCCCC. The molecule has 0 fully saturated rings. The second-order valence-corrected chi connectivity index (χ2v) is 24.6. The van der Waals surface area contributed by atoms with Crippen molar-refractivity contribution in [2.75, 3.05) is 4.90 Å². The Morgan fingerprint density at radius 3 is 1.05 bits per heavy atom. The maximum absolute atomic E-state index is 2.83. The molecule has 0 saturated carbocycles. The number of fused-ring (bicyclic) bond motifs is 6. The molecule has 2 aliphatic rings. The van der Waals surface area contributed by atoms with Crippen LogP contribution in [0.2, 0.25) is 0 Å². The Bertz CT molecular complexity index is 2680. The fourth-order valence-electron chi connectivity index (χ4n) is 14.1. The van der Waals surface area contributed by atoms with Crippen LogP contribution in [0, 0.1) is 13.8 Å². The van der Waals surface area contributed by atoms with Crippen LogP contribution in [-0.4, -0.2) is 0 Å². The third kappa shape index (κ3) is 16.3. The molecule has 2 aliphatic carbocycles. The minimum atomic E-state index is -0.0104. The molecule has 1 nitrogen and oxygen atoms in total. The molecule has 0 bridgehead atoms. The topological polar surface area (TPSA) is 3.24 Å². The first-order valence-corrected chi connectivity index (χ1v) is 32.2. The first kappa shape index (κ1) is 68.6. The predicted molar refractivity (Wildman–Crippen MR) is 366 cm³/mol. The maximum Gasteiger partial charge on any atom is 0.0462 e. The molecule has 0 heterocycles. The zero-order valence-electron chi connectivity index (χ0n) is 50.1. The molecule has 6 aromatic carbocycles. The van der Waals surface area contributed by atoms with Crippen LogP contribution in [0.1, 0.15) is 302 Å². The minimum Gasteiger partial charge on any atom is -0.311 e. The zero-order valence-corrected chi connectivity index (χ0v) is 50.1. The molecule has 0 aliphatic heterocycles. The van der Waals surface area contributed by atoms with Crippen molar-refractivity contribution in [2.45, 2.75) is 288 Å². The van der Waals surface area contributed by atoms with E-state index in [-0.39, 0.29) is 40.5 Å². The van der Waals surface area contributed by atoms with Gasteiger partial charge in [-0.3, -0.25) is 0 Å². The van der Waals surface area contributed by atoms with Gasteiger partial charge in [0.05, 0.1) is 0 Å². The van der Waals surface area contributed by atoms with Gasteiger partial charge in [-0.1, -0.05) is 303 Å². The molecule has 1 unspecified atom stereocenters. The third-order valence-corrected chi connectivity index (χ3v) is 18.9. The lowest BCUT2D eigenvalue weighted by Crippen LogP contribution is -2.27. The van der Waals surface area contributed by atoms with Crippen molar-refractivity contribution in [2.24, 2.45) is 0 Å². The molecular formula is C80H119N. The van der Waals surface area contributed by atoms with E-state index in [1.807, 2.05) is 0 Å². The van der Waals surface area contributed by atoms with Gasteiger partial charge in [0.1, 0.15) is 0 Å². The highest BCUT2D eigenvalue weighted by atomic mass is 15.1. The van der Waals surface area contributed by atoms with E-state index in [0.29, 0.717) is 5.92 Å². The smallest absolute Gasteiger partial charge is 0.0462 e. The van der Waals surface area contributed by atoms with Gasteiger partial charge in [-0.15, -0.1) is 0 Å². The normalized spacial score (nSPS) is 13.4. The summed E-state index contributed by atoms with van der Waals surface area (Å²) in [4.78, 5) is 2.44. The number of unbranched alkanes of at least 4 members (excludes halogenated alkanes) is 20. The molecule has 0 amide bonds. The van der Waals surface area contributed by atoms with Crippen LogP contribution in [0.15, 0.2) is 121 Å². The lowest BCUT2D eigenvalue weighted by atomic mass is 9.68. The van der Waals surface area contributed by atoms with E-state index in [9.17, 15) is 0 Å². The second-order valence-electron chi connectivity index (χ2n) is 24.6. The summed E-state index contributed by atoms with van der Waals surface area (Å²) in [7, 11) is 0. The number of rotatable bonds is 34. The van der Waals surface area contributed by atoms with E-state index >= 15 is 0 Å². The highest BCUT2D eigenvalue weighted by Gasteiger charge is 2.48. The Morgan fingerprint density at radius 1 is 0.321 bits per heavy atom. The zero-order chi connectivity index (χ0) is 54.0.